The van der Waals surface area contributed by atoms with E-state index in [1.165, 1.54) is 38.5 Å². The molecule has 1 aliphatic carbocycles. The van der Waals surface area contributed by atoms with Gasteiger partial charge in [-0.05, 0) is 64.0 Å². The number of hydrogen-bond acceptors (Lipinski definition) is 10. The van der Waals surface area contributed by atoms with Crippen LogP contribution in [-0.2, 0) is 41.8 Å². The van der Waals surface area contributed by atoms with Crippen LogP contribution in [0.4, 0.5) is 4.79 Å². The fraction of sp³-hybridized carbons (Fsp3) is 0.440. The molecule has 0 saturated carbocycles. The fourth-order valence-corrected chi connectivity index (χ4v) is 9.71. The average molecular weight is 903 g/mol. The molecule has 3 heterocycles. The van der Waals surface area contributed by atoms with Crippen LogP contribution >= 0.6 is 11.3 Å². The fourth-order valence-electron chi connectivity index (χ4n) is 8.91. The van der Waals surface area contributed by atoms with Crippen molar-refractivity contribution in [2.45, 2.75) is 90.1 Å². The summed E-state index contributed by atoms with van der Waals surface area (Å²) in [7, 11) is 0. The number of β-amino-alcohol motifs (C(OH)–C–C–N with tert-alkyl or cyclic N) is 1. The van der Waals surface area contributed by atoms with Gasteiger partial charge in [-0.2, -0.15) is 0 Å². The van der Waals surface area contributed by atoms with E-state index in [9.17, 15) is 29.1 Å². The van der Waals surface area contributed by atoms with E-state index in [4.69, 9.17) is 15.9 Å². The number of hydrogen-bond donors (Lipinski definition) is 4. The van der Waals surface area contributed by atoms with Gasteiger partial charge in [0.2, 0.25) is 23.6 Å². The molecule has 7 rings (SSSR count). The highest BCUT2D eigenvalue weighted by molar-refractivity contribution is 7.13. The van der Waals surface area contributed by atoms with Gasteiger partial charge < -0.3 is 40.3 Å². The lowest BCUT2D eigenvalue weighted by Gasteiger charge is -2.35. The lowest BCUT2D eigenvalue weighted by molar-refractivity contribution is -0.144. The molecule has 14 nitrogen and oxygen atoms in total. The molecule has 4 N–H and O–H groups in total. The summed E-state index contributed by atoms with van der Waals surface area (Å²) in [6.07, 6.45) is 6.35. The molecule has 2 fully saturated rings. The summed E-state index contributed by atoms with van der Waals surface area (Å²) in [4.78, 5) is 74.7. The number of piperidine rings is 1. The second-order valence-electron chi connectivity index (χ2n) is 18.1. The molecule has 0 bridgehead atoms. The maximum absolute atomic E-state index is 14.2. The van der Waals surface area contributed by atoms with E-state index >= 15 is 0 Å². The van der Waals surface area contributed by atoms with Crippen molar-refractivity contribution in [3.05, 3.63) is 101 Å². The number of aliphatic hydroxyl groups excluding tert-OH is 1. The zero-order valence-corrected chi connectivity index (χ0v) is 38.0. The van der Waals surface area contributed by atoms with Gasteiger partial charge in [0.15, 0.2) is 0 Å². The Labute approximate surface area is 384 Å². The second kappa shape index (κ2) is 21.3. The number of aromatic nitrogens is 1. The lowest BCUT2D eigenvalue weighted by Crippen LogP contribution is -2.57. The second-order valence-corrected chi connectivity index (χ2v) is 18.9. The largest absolute Gasteiger partial charge is 0.448 e. The van der Waals surface area contributed by atoms with Crippen molar-refractivity contribution in [2.75, 3.05) is 39.4 Å². The first-order chi connectivity index (χ1) is 31.3. The number of aliphatic hydroxyl groups is 1. The third kappa shape index (κ3) is 11.6. The van der Waals surface area contributed by atoms with E-state index in [1.807, 2.05) is 69.3 Å². The highest BCUT2D eigenvalue weighted by atomic mass is 32.1. The van der Waals surface area contributed by atoms with Crippen LogP contribution < -0.4 is 16.0 Å². The third-order valence-corrected chi connectivity index (χ3v) is 13.4. The molecular weight excluding hydrogens is 845 g/mol. The molecule has 0 unspecified atom stereocenters. The zero-order valence-electron chi connectivity index (χ0n) is 37.2. The first-order valence-electron chi connectivity index (χ1n) is 22.3. The normalized spacial score (nSPS) is 17.7. The topological polar surface area (TPSA) is 179 Å². The van der Waals surface area contributed by atoms with Crippen LogP contribution in [-0.4, -0.2) is 107 Å². The molecule has 15 heteroatoms. The Morgan fingerprint density at radius 3 is 2.28 bits per heavy atom. The minimum Gasteiger partial charge on any atom is -0.448 e. The van der Waals surface area contributed by atoms with Gasteiger partial charge in [-0.25, -0.2) is 9.78 Å². The molecule has 0 spiro atoms. The van der Waals surface area contributed by atoms with Gasteiger partial charge in [0.05, 0.1) is 35.3 Å². The summed E-state index contributed by atoms with van der Waals surface area (Å²) >= 11 is 1.45. The van der Waals surface area contributed by atoms with E-state index in [1.54, 1.807) is 10.4 Å². The Bertz CT molecular complexity index is 2340. The Balaban J connectivity index is 0.857. The van der Waals surface area contributed by atoms with Gasteiger partial charge in [0, 0.05) is 44.9 Å². The number of carbonyl (C=O) groups is 5. The molecule has 5 amide bonds. The van der Waals surface area contributed by atoms with E-state index < -0.39 is 35.4 Å². The van der Waals surface area contributed by atoms with E-state index in [2.05, 4.69) is 51.1 Å². The zero-order chi connectivity index (χ0) is 46.1. The molecular formula is C50H58N6O8S. The summed E-state index contributed by atoms with van der Waals surface area (Å²) in [6.45, 7) is 7.27. The summed E-state index contributed by atoms with van der Waals surface area (Å²) < 4.78 is 11.4. The van der Waals surface area contributed by atoms with Crippen LogP contribution in [0.25, 0.3) is 21.6 Å². The Kier molecular flexibility index (Phi) is 15.3. The van der Waals surface area contributed by atoms with Crippen molar-refractivity contribution >= 4 is 41.1 Å². The van der Waals surface area contributed by atoms with Crippen LogP contribution in [0, 0.1) is 23.7 Å². The first-order valence-corrected chi connectivity index (χ1v) is 23.1. The van der Waals surface area contributed by atoms with Crippen LogP contribution in [0.5, 0.6) is 0 Å². The number of likely N-dealkylation sites (tertiary alicyclic amines) is 2. The predicted octanol–water partition coefficient (Wildman–Crippen LogP) is 5.63. The first kappa shape index (κ1) is 46.9. The molecule has 65 heavy (non-hydrogen) atoms. The van der Waals surface area contributed by atoms with Crippen LogP contribution in [0.3, 0.4) is 0 Å². The van der Waals surface area contributed by atoms with Crippen molar-refractivity contribution in [3.63, 3.8) is 0 Å². The van der Waals surface area contributed by atoms with Crippen molar-refractivity contribution in [1.82, 2.24) is 30.7 Å². The van der Waals surface area contributed by atoms with Crippen LogP contribution in [0.1, 0.15) is 81.2 Å². The molecule has 2 saturated heterocycles. The van der Waals surface area contributed by atoms with Gasteiger partial charge in [-0.15, -0.1) is 17.8 Å². The number of thiazole rings is 1. The van der Waals surface area contributed by atoms with Crippen LogP contribution in [0.15, 0.2) is 78.3 Å². The number of nitrogens with zero attached hydrogens (tertiary/aromatic N) is 3. The van der Waals surface area contributed by atoms with Crippen LogP contribution in [0.2, 0.25) is 0 Å². The number of carbonyl (C=O) groups excluding carboxylic acids is 5. The summed E-state index contributed by atoms with van der Waals surface area (Å²) in [6, 6.07) is 22.3. The summed E-state index contributed by atoms with van der Waals surface area (Å²) in [5.41, 5.74) is 8.15. The van der Waals surface area contributed by atoms with Crippen molar-refractivity contribution in [1.29, 1.82) is 0 Å². The maximum Gasteiger partial charge on any atom is 0.409 e. The highest BCUT2D eigenvalue weighted by Gasteiger charge is 2.44. The molecule has 2 aliphatic heterocycles. The average Bonchev–Trinajstić information content (AvgIpc) is 4.03. The summed E-state index contributed by atoms with van der Waals surface area (Å²) in [5.74, 6) is 1.19. The number of ether oxygens (including phenoxy) is 2. The number of rotatable bonds is 16. The van der Waals surface area contributed by atoms with E-state index in [-0.39, 0.29) is 82.0 Å². The van der Waals surface area contributed by atoms with Crippen molar-refractivity contribution in [2.24, 2.45) is 11.3 Å². The van der Waals surface area contributed by atoms with Gasteiger partial charge in [0.25, 0.3) is 0 Å². The lowest BCUT2D eigenvalue weighted by atomic mass is 9.85. The predicted molar refractivity (Wildman–Crippen MR) is 247 cm³/mol. The van der Waals surface area contributed by atoms with Crippen molar-refractivity contribution < 1.29 is 38.6 Å². The minimum absolute atomic E-state index is 0.00656. The Morgan fingerprint density at radius 1 is 0.938 bits per heavy atom. The van der Waals surface area contributed by atoms with Gasteiger partial charge in [-0.3, -0.25) is 19.2 Å². The number of amides is 5. The minimum atomic E-state index is -0.925. The Hall–Kier alpha value is -6.08. The monoisotopic (exact) mass is 902 g/mol. The number of benzene rings is 3. The standard InChI is InChI=1S/C50H58N6O8S/c1-5-22-51-44(59)30-63-29-41-45(65-31-53-41)34-17-14-33(15-18-34)26-52-47(60)42-25-35(57)27-56(42)48(61)46(50(2,3)4)54-43(58)19-16-32-20-23-55(24-21-32)49(62)64-28-40-38-12-8-6-10-36(38)37-11-7-9-13-39(37)40/h1,6-15,17-18,31-32,35,40,42,46,57H,16,19-30H2,2-4H3,(H,51,59)(H,52,60)(H,54,58)/t35-,42+,46-/m1/s1. The van der Waals surface area contributed by atoms with E-state index in [0.717, 1.165) is 28.8 Å². The SMILES string of the molecule is C#CCNC(=O)COCc1ncsc1-c1ccc(CNC(=O)[C@@H]2C[C@@H](O)CN2C(=O)[C@@H](NC(=O)CCC2CCN(C(=O)OCC3c4ccccc4-c4ccccc43)CC2)C(C)(C)C)cc1. The summed E-state index contributed by atoms with van der Waals surface area (Å²) in [5, 5.41) is 19.1. The quantitative estimate of drug-likeness (QED) is 0.104. The van der Waals surface area contributed by atoms with Gasteiger partial charge in [-0.1, -0.05) is 99.5 Å². The third-order valence-electron chi connectivity index (χ3n) is 12.5. The molecule has 0 radical (unpaired) electrons. The van der Waals surface area contributed by atoms with Crippen molar-refractivity contribution in [3.8, 4) is 33.9 Å². The van der Waals surface area contributed by atoms with Gasteiger partial charge >= 0.3 is 6.09 Å². The molecule has 4 aromatic rings. The molecule has 3 aromatic carbocycles. The highest BCUT2D eigenvalue weighted by Crippen LogP contribution is 2.44. The molecule has 3 aliphatic rings. The number of nitrogens with one attached hydrogen (secondary N) is 3. The van der Waals surface area contributed by atoms with E-state index in [0.29, 0.717) is 25.2 Å². The molecule has 3 atom stereocenters. The number of fused-ring (bicyclic) bond motifs is 3. The molecule has 342 valence electrons. The number of terminal acetylenes is 1. The smallest absolute Gasteiger partial charge is 0.409 e. The Morgan fingerprint density at radius 2 is 1.62 bits per heavy atom. The van der Waals surface area contributed by atoms with Gasteiger partial charge in [0.1, 0.15) is 25.3 Å². The molecule has 1 aromatic heterocycles. The maximum atomic E-state index is 14.2.